The first-order valence-corrected chi connectivity index (χ1v) is 10.4. The minimum Gasteiger partial charge on any atom is -0.475 e. The fourth-order valence-corrected chi connectivity index (χ4v) is 4.16. The lowest BCUT2D eigenvalue weighted by Gasteiger charge is -2.50. The Kier molecular flexibility index (Phi) is 7.06. The van der Waals surface area contributed by atoms with Crippen molar-refractivity contribution in [2.45, 2.75) is 38.0 Å². The molecule has 176 valence electrons. The Morgan fingerprint density at radius 2 is 2.00 bits per heavy atom. The van der Waals surface area contributed by atoms with Crippen LogP contribution in [0.4, 0.5) is 13.2 Å². The highest BCUT2D eigenvalue weighted by atomic mass is 19.4. The number of likely N-dealkylation sites (tertiary alicyclic amines) is 1. The van der Waals surface area contributed by atoms with Crippen LogP contribution in [0, 0.1) is 17.8 Å². The van der Waals surface area contributed by atoms with Gasteiger partial charge in [-0.05, 0) is 43.2 Å². The largest absolute Gasteiger partial charge is 0.490 e. The molecule has 2 saturated heterocycles. The Morgan fingerprint density at radius 3 is 2.53 bits per heavy atom. The molecule has 8 nitrogen and oxygen atoms in total. The van der Waals surface area contributed by atoms with E-state index in [1.807, 2.05) is 4.90 Å². The van der Waals surface area contributed by atoms with Crippen molar-refractivity contribution in [2.24, 2.45) is 17.8 Å². The van der Waals surface area contributed by atoms with E-state index in [2.05, 4.69) is 17.2 Å². The van der Waals surface area contributed by atoms with Gasteiger partial charge in [0, 0.05) is 31.5 Å². The molecule has 1 aliphatic carbocycles. The maximum Gasteiger partial charge on any atom is 0.490 e. The average Bonchev–Trinajstić information content (AvgIpc) is 3.29. The molecule has 3 atom stereocenters. The average molecular weight is 457 g/mol. The first-order valence-electron chi connectivity index (χ1n) is 10.4. The zero-order valence-corrected chi connectivity index (χ0v) is 17.6. The molecule has 1 aromatic heterocycles. The van der Waals surface area contributed by atoms with E-state index < -0.39 is 12.1 Å². The SMILES string of the molecule is CC1CC1C(=O)N1CC2(C1)OCCC2CCNC(=O)c1cccnc1.O=C(O)C(F)(F)F. The van der Waals surface area contributed by atoms with Gasteiger partial charge in [-0.15, -0.1) is 0 Å². The lowest BCUT2D eigenvalue weighted by molar-refractivity contribution is -0.192. The number of pyridine rings is 1. The molecule has 11 heteroatoms. The van der Waals surface area contributed by atoms with Crippen molar-refractivity contribution in [2.75, 3.05) is 26.2 Å². The Balaban J connectivity index is 0.000000360. The van der Waals surface area contributed by atoms with Gasteiger partial charge < -0.3 is 20.1 Å². The minimum atomic E-state index is -5.08. The Bertz CT molecular complexity index is 843. The van der Waals surface area contributed by atoms with Crippen LogP contribution in [0.1, 0.15) is 36.5 Å². The van der Waals surface area contributed by atoms with E-state index in [-0.39, 0.29) is 17.4 Å². The molecule has 3 heterocycles. The number of aromatic nitrogens is 1. The number of rotatable bonds is 5. The molecule has 0 bridgehead atoms. The van der Waals surface area contributed by atoms with E-state index in [4.69, 9.17) is 14.6 Å². The summed E-state index contributed by atoms with van der Waals surface area (Å²) in [6.45, 7) is 4.95. The molecule has 1 spiro atoms. The Morgan fingerprint density at radius 1 is 1.34 bits per heavy atom. The van der Waals surface area contributed by atoms with E-state index in [1.165, 1.54) is 0 Å². The maximum absolute atomic E-state index is 12.3. The van der Waals surface area contributed by atoms with Crippen LogP contribution >= 0.6 is 0 Å². The number of hydrogen-bond acceptors (Lipinski definition) is 5. The molecule has 4 rings (SSSR count). The number of ether oxygens (including phenoxy) is 1. The van der Waals surface area contributed by atoms with Gasteiger partial charge in [0.15, 0.2) is 0 Å². The molecule has 3 unspecified atom stereocenters. The number of carboxylic acid groups (broad SMARTS) is 1. The summed E-state index contributed by atoms with van der Waals surface area (Å²) in [5.74, 6) is -1.34. The number of carbonyl (C=O) groups excluding carboxylic acids is 2. The standard InChI is InChI=1S/C19H25N3O3.C2HF3O2/c1-13-9-16(13)18(24)22-11-19(12-22)15(5-8-25-19)4-7-21-17(23)14-3-2-6-20-10-14;3-2(4,5)1(6)7/h2-3,6,10,13,15-16H,4-5,7-9,11-12H2,1H3,(H,21,23);(H,6,7). The highest BCUT2D eigenvalue weighted by molar-refractivity contribution is 5.93. The van der Waals surface area contributed by atoms with Crippen LogP contribution in [-0.4, -0.2) is 70.8 Å². The lowest BCUT2D eigenvalue weighted by Crippen LogP contribution is -2.66. The third-order valence-electron chi connectivity index (χ3n) is 6.20. The molecule has 1 saturated carbocycles. The molecule has 2 aliphatic heterocycles. The van der Waals surface area contributed by atoms with Crippen molar-refractivity contribution in [3.8, 4) is 0 Å². The molecule has 2 amide bonds. The number of carboxylic acids is 1. The number of halogens is 3. The summed E-state index contributed by atoms with van der Waals surface area (Å²) in [5.41, 5.74) is 0.408. The number of nitrogens with zero attached hydrogens (tertiary/aromatic N) is 2. The zero-order chi connectivity index (χ0) is 23.5. The lowest BCUT2D eigenvalue weighted by atomic mass is 9.78. The summed E-state index contributed by atoms with van der Waals surface area (Å²) in [4.78, 5) is 39.2. The second-order valence-electron chi connectivity index (χ2n) is 8.50. The Hall–Kier alpha value is -2.69. The second kappa shape index (κ2) is 9.43. The topological polar surface area (TPSA) is 109 Å². The molecule has 0 radical (unpaired) electrons. The van der Waals surface area contributed by atoms with Gasteiger partial charge in [0.2, 0.25) is 5.91 Å². The van der Waals surface area contributed by atoms with Crippen LogP contribution in [0.25, 0.3) is 0 Å². The first-order chi connectivity index (χ1) is 15.0. The van der Waals surface area contributed by atoms with Gasteiger partial charge >= 0.3 is 12.1 Å². The van der Waals surface area contributed by atoms with Crippen LogP contribution in [0.15, 0.2) is 24.5 Å². The first kappa shape index (κ1) is 24.0. The van der Waals surface area contributed by atoms with Crippen molar-refractivity contribution < 1.29 is 37.4 Å². The zero-order valence-electron chi connectivity index (χ0n) is 17.6. The number of aliphatic carboxylic acids is 1. The van der Waals surface area contributed by atoms with Gasteiger partial charge in [-0.2, -0.15) is 13.2 Å². The number of carbonyl (C=O) groups is 3. The van der Waals surface area contributed by atoms with Crippen molar-refractivity contribution in [3.63, 3.8) is 0 Å². The molecule has 32 heavy (non-hydrogen) atoms. The summed E-state index contributed by atoms with van der Waals surface area (Å²) in [6, 6.07) is 3.52. The predicted octanol–water partition coefficient (Wildman–Crippen LogP) is 2.11. The van der Waals surface area contributed by atoms with Gasteiger partial charge in [-0.1, -0.05) is 6.92 Å². The second-order valence-corrected chi connectivity index (χ2v) is 8.50. The van der Waals surface area contributed by atoms with Crippen LogP contribution in [0.5, 0.6) is 0 Å². The number of hydrogen-bond donors (Lipinski definition) is 2. The fraction of sp³-hybridized carbons (Fsp3) is 0.619. The van der Waals surface area contributed by atoms with Gasteiger partial charge in [-0.3, -0.25) is 14.6 Å². The molecule has 3 fully saturated rings. The highest BCUT2D eigenvalue weighted by Crippen LogP contribution is 2.45. The Labute approximate surface area is 183 Å². The van der Waals surface area contributed by atoms with Crippen LogP contribution in [0.3, 0.4) is 0 Å². The number of alkyl halides is 3. The van der Waals surface area contributed by atoms with Crippen molar-refractivity contribution in [3.05, 3.63) is 30.1 Å². The monoisotopic (exact) mass is 457 g/mol. The van der Waals surface area contributed by atoms with Crippen molar-refractivity contribution >= 4 is 17.8 Å². The van der Waals surface area contributed by atoms with Crippen molar-refractivity contribution in [1.29, 1.82) is 0 Å². The minimum absolute atomic E-state index is 0.0887. The summed E-state index contributed by atoms with van der Waals surface area (Å²) in [6.07, 6.45) is 1.07. The summed E-state index contributed by atoms with van der Waals surface area (Å²) >= 11 is 0. The maximum atomic E-state index is 12.3. The molecular formula is C21H26F3N3O5. The van der Waals surface area contributed by atoms with Crippen LogP contribution < -0.4 is 5.32 Å². The molecule has 0 aromatic carbocycles. The fourth-order valence-electron chi connectivity index (χ4n) is 4.16. The quantitative estimate of drug-likeness (QED) is 0.701. The highest BCUT2D eigenvalue weighted by Gasteiger charge is 2.56. The van der Waals surface area contributed by atoms with Gasteiger partial charge in [-0.25, -0.2) is 4.79 Å². The molecule has 2 N–H and O–H groups in total. The van der Waals surface area contributed by atoms with Gasteiger partial charge in [0.25, 0.3) is 5.91 Å². The summed E-state index contributed by atoms with van der Waals surface area (Å²) < 4.78 is 37.8. The third kappa shape index (κ3) is 5.56. The molecule has 3 aliphatic rings. The summed E-state index contributed by atoms with van der Waals surface area (Å²) in [5, 5.41) is 10.1. The van der Waals surface area contributed by atoms with Gasteiger partial charge in [0.1, 0.15) is 5.60 Å². The van der Waals surface area contributed by atoms with E-state index in [9.17, 15) is 22.8 Å². The summed E-state index contributed by atoms with van der Waals surface area (Å²) in [7, 11) is 0. The van der Waals surface area contributed by atoms with E-state index in [0.29, 0.717) is 29.9 Å². The van der Waals surface area contributed by atoms with E-state index in [0.717, 1.165) is 39.0 Å². The van der Waals surface area contributed by atoms with Crippen LogP contribution in [0.2, 0.25) is 0 Å². The normalized spacial score (nSPS) is 25.4. The molecule has 1 aromatic rings. The number of amides is 2. The molecular weight excluding hydrogens is 431 g/mol. The number of nitrogens with one attached hydrogen (secondary N) is 1. The van der Waals surface area contributed by atoms with E-state index in [1.54, 1.807) is 24.5 Å². The predicted molar refractivity (Wildman–Crippen MR) is 106 cm³/mol. The van der Waals surface area contributed by atoms with Crippen LogP contribution in [-0.2, 0) is 14.3 Å². The van der Waals surface area contributed by atoms with Gasteiger partial charge in [0.05, 0.1) is 18.7 Å². The third-order valence-corrected chi connectivity index (χ3v) is 6.20. The van der Waals surface area contributed by atoms with Crippen molar-refractivity contribution in [1.82, 2.24) is 15.2 Å². The van der Waals surface area contributed by atoms with E-state index >= 15 is 0 Å². The smallest absolute Gasteiger partial charge is 0.475 e.